The second kappa shape index (κ2) is 13.7. The predicted molar refractivity (Wildman–Crippen MR) is 124 cm³/mol. The molecule has 0 saturated carbocycles. The molecule has 5 nitrogen and oxygen atoms in total. The molecular formula is C19H36IN5S. The number of nitrogens with zero attached hydrogens (tertiary/aromatic N) is 3. The molecule has 7 heteroatoms. The van der Waals surface area contributed by atoms with Crippen LogP contribution >= 0.6 is 35.3 Å². The van der Waals surface area contributed by atoms with E-state index in [0.29, 0.717) is 0 Å². The van der Waals surface area contributed by atoms with E-state index in [1.54, 1.807) is 0 Å². The summed E-state index contributed by atoms with van der Waals surface area (Å²) in [5, 5.41) is 8.01. The topological polar surface area (TPSA) is 52.6 Å². The van der Waals surface area contributed by atoms with E-state index < -0.39 is 0 Å². The molecule has 0 bridgehead atoms. The van der Waals surface area contributed by atoms with Gasteiger partial charge in [0.1, 0.15) is 0 Å². The Bertz CT molecular complexity index is 512. The summed E-state index contributed by atoms with van der Waals surface area (Å²) < 4.78 is 0. The van der Waals surface area contributed by atoms with Gasteiger partial charge in [0.2, 0.25) is 0 Å². The number of thiazole rings is 1. The van der Waals surface area contributed by atoms with Crippen molar-refractivity contribution < 1.29 is 0 Å². The van der Waals surface area contributed by atoms with Gasteiger partial charge in [-0.3, -0.25) is 4.99 Å². The minimum Gasteiger partial charge on any atom is -0.356 e. The number of unbranched alkanes of at least 4 members (excludes halogenated alkanes) is 1. The molecule has 0 atom stereocenters. The van der Waals surface area contributed by atoms with Crippen LogP contribution in [-0.4, -0.2) is 55.6 Å². The summed E-state index contributed by atoms with van der Waals surface area (Å²) in [5.41, 5.74) is 0. The highest BCUT2D eigenvalue weighted by Crippen LogP contribution is 2.16. The minimum absolute atomic E-state index is 0. The fraction of sp³-hybridized carbons (Fsp3) is 0.789. The minimum atomic E-state index is 0. The molecule has 26 heavy (non-hydrogen) atoms. The van der Waals surface area contributed by atoms with Crippen LogP contribution in [0.2, 0.25) is 0 Å². The van der Waals surface area contributed by atoms with Gasteiger partial charge in [0.15, 0.2) is 5.96 Å². The van der Waals surface area contributed by atoms with Crippen molar-refractivity contribution in [1.29, 1.82) is 0 Å². The second-order valence-corrected chi connectivity index (χ2v) is 8.18. The summed E-state index contributed by atoms with van der Waals surface area (Å²) in [5.74, 6) is 1.82. The van der Waals surface area contributed by atoms with E-state index in [9.17, 15) is 0 Å². The molecule has 0 aliphatic carbocycles. The summed E-state index contributed by atoms with van der Waals surface area (Å²) in [6.07, 6.45) is 9.22. The van der Waals surface area contributed by atoms with Crippen molar-refractivity contribution in [2.24, 2.45) is 10.9 Å². The van der Waals surface area contributed by atoms with Gasteiger partial charge in [0, 0.05) is 37.6 Å². The van der Waals surface area contributed by atoms with Crippen LogP contribution < -0.4 is 10.6 Å². The lowest BCUT2D eigenvalue weighted by Gasteiger charge is -2.30. The highest BCUT2D eigenvalue weighted by atomic mass is 127. The molecule has 2 heterocycles. The average molecular weight is 494 g/mol. The molecule has 0 aromatic carbocycles. The van der Waals surface area contributed by atoms with Gasteiger partial charge in [-0.05, 0) is 57.7 Å². The van der Waals surface area contributed by atoms with E-state index in [4.69, 9.17) is 0 Å². The monoisotopic (exact) mass is 493 g/mol. The largest absolute Gasteiger partial charge is 0.356 e. The number of piperidine rings is 1. The standard InChI is InChI=1S/C19H35N5S.HI/c1-4-17-15-23-18(25-17)7-11-22-19(20-3)21-10-5-6-12-24-13-8-16(2)9-14-24;/h15-16H,4-14H2,1-3H3,(H2,20,21,22);1H. The predicted octanol–water partition coefficient (Wildman–Crippen LogP) is 3.54. The molecule has 1 aromatic rings. The van der Waals surface area contributed by atoms with Crippen molar-refractivity contribution in [2.45, 2.75) is 52.4 Å². The van der Waals surface area contributed by atoms with E-state index in [-0.39, 0.29) is 24.0 Å². The summed E-state index contributed by atoms with van der Waals surface area (Å²) in [4.78, 5) is 12.7. The van der Waals surface area contributed by atoms with Gasteiger partial charge in [0.05, 0.1) is 5.01 Å². The molecule has 1 aromatic heterocycles. The molecule has 1 fully saturated rings. The van der Waals surface area contributed by atoms with Crippen LogP contribution in [0.1, 0.15) is 49.4 Å². The third-order valence-electron chi connectivity index (χ3n) is 4.87. The van der Waals surface area contributed by atoms with Gasteiger partial charge in [-0.15, -0.1) is 35.3 Å². The van der Waals surface area contributed by atoms with Crippen LogP contribution in [0.5, 0.6) is 0 Å². The van der Waals surface area contributed by atoms with Crippen molar-refractivity contribution in [3.05, 3.63) is 16.1 Å². The first kappa shape index (κ1) is 23.6. The van der Waals surface area contributed by atoms with Gasteiger partial charge in [-0.2, -0.15) is 0 Å². The first-order chi connectivity index (χ1) is 12.2. The van der Waals surface area contributed by atoms with Gasteiger partial charge >= 0.3 is 0 Å². The zero-order valence-corrected chi connectivity index (χ0v) is 19.7. The molecule has 0 radical (unpaired) electrons. The fourth-order valence-corrected chi connectivity index (χ4v) is 3.95. The van der Waals surface area contributed by atoms with Gasteiger partial charge in [-0.1, -0.05) is 13.8 Å². The summed E-state index contributed by atoms with van der Waals surface area (Å²) >= 11 is 1.81. The van der Waals surface area contributed by atoms with Crippen LogP contribution in [0.3, 0.4) is 0 Å². The van der Waals surface area contributed by atoms with Crippen LogP contribution in [-0.2, 0) is 12.8 Å². The molecule has 1 saturated heterocycles. The molecule has 0 amide bonds. The zero-order valence-electron chi connectivity index (χ0n) is 16.6. The maximum absolute atomic E-state index is 4.46. The molecule has 0 unspecified atom stereocenters. The number of aryl methyl sites for hydroxylation is 1. The summed E-state index contributed by atoms with van der Waals surface area (Å²) in [6, 6.07) is 0. The van der Waals surface area contributed by atoms with Gasteiger partial charge in [0.25, 0.3) is 0 Å². The first-order valence-corrected chi connectivity index (χ1v) is 10.6. The molecule has 0 spiro atoms. The number of halogens is 1. The van der Waals surface area contributed by atoms with Crippen molar-refractivity contribution in [3.63, 3.8) is 0 Å². The van der Waals surface area contributed by atoms with Crippen LogP contribution in [0.25, 0.3) is 0 Å². The summed E-state index contributed by atoms with van der Waals surface area (Å²) in [7, 11) is 1.84. The Morgan fingerprint density at radius 2 is 2.00 bits per heavy atom. The lowest BCUT2D eigenvalue weighted by molar-refractivity contribution is 0.189. The van der Waals surface area contributed by atoms with Crippen LogP contribution in [0.15, 0.2) is 11.2 Å². The molecule has 150 valence electrons. The van der Waals surface area contributed by atoms with Crippen molar-refractivity contribution in [2.75, 3.05) is 39.8 Å². The zero-order chi connectivity index (χ0) is 17.9. The van der Waals surface area contributed by atoms with E-state index in [1.807, 2.05) is 24.6 Å². The van der Waals surface area contributed by atoms with Crippen molar-refractivity contribution in [1.82, 2.24) is 20.5 Å². The Morgan fingerprint density at radius 1 is 1.27 bits per heavy atom. The van der Waals surface area contributed by atoms with Gasteiger partial charge < -0.3 is 15.5 Å². The number of hydrogen-bond donors (Lipinski definition) is 2. The number of rotatable bonds is 9. The number of aliphatic imine (C=N–C) groups is 1. The molecular weight excluding hydrogens is 457 g/mol. The highest BCUT2D eigenvalue weighted by molar-refractivity contribution is 14.0. The SMILES string of the molecule is CCc1cnc(CCNC(=NC)NCCCCN2CCC(C)CC2)s1.I. The lowest BCUT2D eigenvalue weighted by Crippen LogP contribution is -2.39. The molecule has 2 rings (SSSR count). The quantitative estimate of drug-likeness (QED) is 0.239. The Balaban J connectivity index is 0.00000338. The first-order valence-electron chi connectivity index (χ1n) is 9.81. The Labute approximate surface area is 180 Å². The summed E-state index contributed by atoms with van der Waals surface area (Å²) in [6.45, 7) is 10.2. The molecule has 2 N–H and O–H groups in total. The number of aromatic nitrogens is 1. The molecule has 1 aliphatic rings. The van der Waals surface area contributed by atoms with E-state index in [2.05, 4.69) is 39.4 Å². The van der Waals surface area contributed by atoms with E-state index >= 15 is 0 Å². The average Bonchev–Trinajstić information content (AvgIpc) is 3.09. The number of guanidine groups is 1. The van der Waals surface area contributed by atoms with Gasteiger partial charge in [-0.25, -0.2) is 4.98 Å². The Morgan fingerprint density at radius 3 is 2.65 bits per heavy atom. The van der Waals surface area contributed by atoms with Crippen molar-refractivity contribution >= 4 is 41.3 Å². The second-order valence-electron chi connectivity index (χ2n) is 6.98. The third-order valence-corrected chi connectivity index (χ3v) is 6.08. The highest BCUT2D eigenvalue weighted by Gasteiger charge is 2.14. The van der Waals surface area contributed by atoms with E-state index in [0.717, 1.165) is 37.8 Å². The maximum Gasteiger partial charge on any atom is 0.190 e. The maximum atomic E-state index is 4.46. The number of likely N-dealkylation sites (tertiary alicyclic amines) is 1. The van der Waals surface area contributed by atoms with Crippen molar-refractivity contribution in [3.8, 4) is 0 Å². The van der Waals surface area contributed by atoms with Crippen LogP contribution in [0.4, 0.5) is 0 Å². The Hall–Kier alpha value is -0.410. The Kier molecular flexibility index (Phi) is 12.5. The third kappa shape index (κ3) is 8.99. The van der Waals surface area contributed by atoms with E-state index in [1.165, 1.54) is 55.2 Å². The normalized spacial score (nSPS) is 16.3. The fourth-order valence-electron chi connectivity index (χ4n) is 3.09. The number of hydrogen-bond acceptors (Lipinski definition) is 4. The number of nitrogens with one attached hydrogen (secondary N) is 2. The smallest absolute Gasteiger partial charge is 0.190 e. The van der Waals surface area contributed by atoms with Crippen LogP contribution in [0, 0.1) is 5.92 Å². The molecule has 1 aliphatic heterocycles. The lowest BCUT2D eigenvalue weighted by atomic mass is 9.99.